The molecule has 4 heteroatoms. The molecule has 82 valence electrons. The lowest BCUT2D eigenvalue weighted by molar-refractivity contribution is -0.142. The van der Waals surface area contributed by atoms with E-state index in [1.807, 2.05) is 0 Å². The molecular formula is C11H12F2O2. The Kier molecular flexibility index (Phi) is 4.21. The number of carboxylic acids is 1. The van der Waals surface area contributed by atoms with Crippen molar-refractivity contribution in [1.29, 1.82) is 0 Å². The lowest BCUT2D eigenvalue weighted by Gasteiger charge is -2.09. The second-order valence-electron chi connectivity index (χ2n) is 3.35. The van der Waals surface area contributed by atoms with Crippen LogP contribution in [0.1, 0.15) is 12.0 Å². The van der Waals surface area contributed by atoms with Gasteiger partial charge in [0.2, 0.25) is 0 Å². The molecule has 1 N–H and O–H groups in total. The summed E-state index contributed by atoms with van der Waals surface area (Å²) in [4.78, 5) is 10.7. The molecule has 0 fully saturated rings. The first kappa shape index (κ1) is 11.6. The minimum Gasteiger partial charge on any atom is -0.481 e. The average Bonchev–Trinajstić information content (AvgIpc) is 2.17. The van der Waals surface area contributed by atoms with E-state index in [-0.39, 0.29) is 12.8 Å². The predicted molar refractivity (Wildman–Crippen MR) is 51.8 cm³/mol. The van der Waals surface area contributed by atoms with Crippen molar-refractivity contribution < 1.29 is 18.7 Å². The maximum atomic E-state index is 12.8. The van der Waals surface area contributed by atoms with Gasteiger partial charge in [-0.15, -0.1) is 0 Å². The number of alkyl halides is 1. The van der Waals surface area contributed by atoms with Crippen molar-refractivity contribution in [3.63, 3.8) is 0 Å². The van der Waals surface area contributed by atoms with Crippen molar-refractivity contribution in [2.75, 3.05) is 6.67 Å². The van der Waals surface area contributed by atoms with Gasteiger partial charge in [0.25, 0.3) is 0 Å². The average molecular weight is 214 g/mol. The van der Waals surface area contributed by atoms with Crippen LogP contribution >= 0.6 is 0 Å². The van der Waals surface area contributed by atoms with Crippen molar-refractivity contribution in [1.82, 2.24) is 0 Å². The van der Waals surface area contributed by atoms with Crippen molar-refractivity contribution in [2.24, 2.45) is 5.92 Å². The van der Waals surface area contributed by atoms with E-state index in [9.17, 15) is 13.6 Å². The van der Waals surface area contributed by atoms with Crippen LogP contribution in [0.25, 0.3) is 0 Å². The van der Waals surface area contributed by atoms with Crippen molar-refractivity contribution >= 4 is 5.97 Å². The topological polar surface area (TPSA) is 37.3 Å². The number of aliphatic carboxylic acids is 1. The zero-order valence-corrected chi connectivity index (χ0v) is 8.12. The molecule has 0 aliphatic carbocycles. The third-order valence-electron chi connectivity index (χ3n) is 2.18. The highest BCUT2D eigenvalue weighted by Gasteiger charge is 2.17. The second kappa shape index (κ2) is 5.44. The van der Waals surface area contributed by atoms with Gasteiger partial charge in [-0.25, -0.2) is 4.39 Å². The van der Waals surface area contributed by atoms with Gasteiger partial charge in [0.15, 0.2) is 0 Å². The van der Waals surface area contributed by atoms with Crippen LogP contribution < -0.4 is 0 Å². The summed E-state index contributed by atoms with van der Waals surface area (Å²) in [5, 5.41) is 8.77. The summed E-state index contributed by atoms with van der Waals surface area (Å²) in [6.07, 6.45) is 0.128. The van der Waals surface area contributed by atoms with E-state index < -0.39 is 24.4 Å². The summed E-state index contributed by atoms with van der Waals surface area (Å²) in [6.45, 7) is -0.674. The maximum Gasteiger partial charge on any atom is 0.306 e. The van der Waals surface area contributed by atoms with Crippen LogP contribution in [0.15, 0.2) is 24.3 Å². The molecule has 1 atom stereocenters. The molecule has 1 unspecified atom stereocenters. The Hall–Kier alpha value is -1.45. The molecule has 1 aromatic carbocycles. The Balaban J connectivity index is 2.69. The molecule has 1 aromatic rings. The van der Waals surface area contributed by atoms with Gasteiger partial charge in [0, 0.05) is 0 Å². The Morgan fingerprint density at radius 1 is 1.47 bits per heavy atom. The van der Waals surface area contributed by atoms with Gasteiger partial charge in [-0.05, 0) is 30.5 Å². The fourth-order valence-corrected chi connectivity index (χ4v) is 1.39. The first-order valence-corrected chi connectivity index (χ1v) is 4.66. The fraction of sp³-hybridized carbons (Fsp3) is 0.364. The zero-order valence-electron chi connectivity index (χ0n) is 8.12. The quantitative estimate of drug-likeness (QED) is 0.817. The van der Waals surface area contributed by atoms with Crippen molar-refractivity contribution in [2.45, 2.75) is 12.8 Å². The third-order valence-corrected chi connectivity index (χ3v) is 2.18. The molecule has 0 amide bonds. The summed E-state index contributed by atoms with van der Waals surface area (Å²) >= 11 is 0. The lowest BCUT2D eigenvalue weighted by Crippen LogP contribution is -2.17. The van der Waals surface area contributed by atoms with Crippen LogP contribution in [-0.2, 0) is 11.2 Å². The number of rotatable bonds is 5. The minimum atomic E-state index is -1.04. The van der Waals surface area contributed by atoms with Crippen LogP contribution in [0.3, 0.4) is 0 Å². The maximum absolute atomic E-state index is 12.8. The normalized spacial score (nSPS) is 12.4. The molecule has 0 aliphatic heterocycles. The van der Waals surface area contributed by atoms with Gasteiger partial charge in [-0.3, -0.25) is 9.18 Å². The highest BCUT2D eigenvalue weighted by molar-refractivity contribution is 5.70. The van der Waals surface area contributed by atoms with Gasteiger partial charge in [0.1, 0.15) is 5.82 Å². The number of carbonyl (C=O) groups is 1. The Morgan fingerprint density at radius 3 is 2.73 bits per heavy atom. The molecule has 15 heavy (non-hydrogen) atoms. The van der Waals surface area contributed by atoms with Crippen LogP contribution in [0.5, 0.6) is 0 Å². The summed E-state index contributed by atoms with van der Waals surface area (Å²) in [7, 11) is 0. The predicted octanol–water partition coefficient (Wildman–Crippen LogP) is 2.43. The van der Waals surface area contributed by atoms with Gasteiger partial charge < -0.3 is 5.11 Å². The molecule has 0 radical (unpaired) electrons. The molecule has 1 rings (SSSR count). The van der Waals surface area contributed by atoms with E-state index in [0.29, 0.717) is 5.56 Å². The van der Waals surface area contributed by atoms with Crippen LogP contribution in [0.2, 0.25) is 0 Å². The van der Waals surface area contributed by atoms with Gasteiger partial charge >= 0.3 is 5.97 Å². The molecule has 2 nitrogen and oxygen atoms in total. The molecule has 0 bridgehead atoms. The number of hydrogen-bond acceptors (Lipinski definition) is 1. The SMILES string of the molecule is O=C(O)C(CCF)Cc1cccc(F)c1. The Labute approximate surface area is 86.5 Å². The Morgan fingerprint density at radius 2 is 2.20 bits per heavy atom. The van der Waals surface area contributed by atoms with Crippen LogP contribution in [0, 0.1) is 11.7 Å². The summed E-state index contributed by atoms with van der Waals surface area (Å²) in [6, 6.07) is 5.71. The Bertz CT molecular complexity index is 339. The molecule has 0 aliphatic rings. The number of halogens is 2. The molecule has 0 saturated carbocycles. The van der Waals surface area contributed by atoms with Crippen molar-refractivity contribution in [3.05, 3.63) is 35.6 Å². The van der Waals surface area contributed by atoms with Crippen LogP contribution in [0.4, 0.5) is 8.78 Å². The summed E-state index contributed by atoms with van der Waals surface area (Å²) in [5.74, 6) is -2.23. The lowest BCUT2D eigenvalue weighted by atomic mass is 9.97. The molecule has 0 aromatic heterocycles. The van der Waals surface area contributed by atoms with E-state index in [4.69, 9.17) is 5.11 Å². The van der Waals surface area contributed by atoms with Crippen LogP contribution in [-0.4, -0.2) is 17.8 Å². The fourth-order valence-electron chi connectivity index (χ4n) is 1.39. The first-order chi connectivity index (χ1) is 7.13. The van der Waals surface area contributed by atoms with Crippen molar-refractivity contribution in [3.8, 4) is 0 Å². The molecule has 0 saturated heterocycles. The number of carboxylic acid groups (broad SMARTS) is 1. The monoisotopic (exact) mass is 214 g/mol. The highest BCUT2D eigenvalue weighted by Crippen LogP contribution is 2.14. The molecule has 0 heterocycles. The number of hydrogen-bond donors (Lipinski definition) is 1. The third kappa shape index (κ3) is 3.65. The summed E-state index contributed by atoms with van der Waals surface area (Å²) < 4.78 is 24.8. The first-order valence-electron chi connectivity index (χ1n) is 4.66. The number of benzene rings is 1. The summed E-state index contributed by atoms with van der Waals surface area (Å²) in [5.41, 5.74) is 0.579. The highest BCUT2D eigenvalue weighted by atomic mass is 19.1. The minimum absolute atomic E-state index is 0.0359. The van der Waals surface area contributed by atoms with Gasteiger partial charge in [-0.1, -0.05) is 12.1 Å². The van der Waals surface area contributed by atoms with Gasteiger partial charge in [-0.2, -0.15) is 0 Å². The van der Waals surface area contributed by atoms with E-state index >= 15 is 0 Å². The van der Waals surface area contributed by atoms with E-state index in [1.54, 1.807) is 6.07 Å². The molecule has 0 spiro atoms. The zero-order chi connectivity index (χ0) is 11.3. The van der Waals surface area contributed by atoms with E-state index in [0.717, 1.165) is 0 Å². The largest absolute Gasteiger partial charge is 0.481 e. The molecular weight excluding hydrogens is 202 g/mol. The second-order valence-corrected chi connectivity index (χ2v) is 3.35. The van der Waals surface area contributed by atoms with E-state index in [2.05, 4.69) is 0 Å². The standard InChI is InChI=1S/C11H12F2O2/c12-5-4-9(11(14)15)6-8-2-1-3-10(13)7-8/h1-3,7,9H,4-6H2,(H,14,15). The van der Waals surface area contributed by atoms with E-state index in [1.165, 1.54) is 18.2 Å². The van der Waals surface area contributed by atoms with Gasteiger partial charge in [0.05, 0.1) is 12.6 Å². The smallest absolute Gasteiger partial charge is 0.306 e.